The van der Waals surface area contributed by atoms with E-state index < -0.39 is 33.4 Å². The minimum Gasteiger partial charge on any atom is -0.293 e. The van der Waals surface area contributed by atoms with E-state index in [1.54, 1.807) is 6.07 Å². The van der Waals surface area contributed by atoms with Crippen LogP contribution in [0.5, 0.6) is 0 Å². The summed E-state index contributed by atoms with van der Waals surface area (Å²) in [4.78, 5) is 12.4. The molecule has 0 heterocycles. The van der Waals surface area contributed by atoms with Gasteiger partial charge in [-0.15, -0.1) is 0 Å². The molecule has 3 rings (SSSR count). The molecule has 2 aromatic rings. The molecule has 6 heteroatoms. The lowest BCUT2D eigenvalue weighted by atomic mass is 10.0. The number of sulfonamides is 1. The summed E-state index contributed by atoms with van der Waals surface area (Å²) in [7, 11) is -3.55. The highest BCUT2D eigenvalue weighted by atomic mass is 32.2. The maximum atomic E-state index is 14.1. The van der Waals surface area contributed by atoms with E-state index in [1.165, 1.54) is 12.1 Å². The lowest BCUT2D eigenvalue weighted by Crippen LogP contribution is -2.38. The highest BCUT2D eigenvalue weighted by Crippen LogP contribution is 2.24. The minimum atomic E-state index is -3.55. The predicted octanol–water partition coefficient (Wildman–Crippen LogP) is 3.93. The Morgan fingerprint density at radius 3 is 2.38 bits per heavy atom. The molecular weight excluding hydrogens is 353 g/mol. The molecule has 0 saturated heterocycles. The van der Waals surface area contributed by atoms with Crippen LogP contribution in [-0.2, 0) is 10.0 Å². The van der Waals surface area contributed by atoms with Crippen molar-refractivity contribution in [3.63, 3.8) is 0 Å². The number of hydrogen-bond acceptors (Lipinski definition) is 3. The molecule has 4 nitrogen and oxygen atoms in total. The zero-order valence-corrected chi connectivity index (χ0v) is 15.3. The summed E-state index contributed by atoms with van der Waals surface area (Å²) in [6, 6.07) is 13.7. The molecule has 0 aromatic heterocycles. The highest BCUT2D eigenvalue weighted by Gasteiger charge is 2.27. The molecule has 1 aliphatic carbocycles. The van der Waals surface area contributed by atoms with Crippen molar-refractivity contribution in [3.05, 3.63) is 59.9 Å². The van der Waals surface area contributed by atoms with E-state index >= 15 is 0 Å². The number of carbonyl (C=O) groups excluding carboxylic acids is 1. The van der Waals surface area contributed by atoms with Crippen molar-refractivity contribution in [2.45, 2.75) is 37.4 Å². The first kappa shape index (κ1) is 18.7. The summed E-state index contributed by atoms with van der Waals surface area (Å²) in [5.41, 5.74) is 1.48. The van der Waals surface area contributed by atoms with Gasteiger partial charge in [-0.3, -0.25) is 4.79 Å². The van der Waals surface area contributed by atoms with Crippen molar-refractivity contribution in [1.29, 1.82) is 0 Å². The third kappa shape index (κ3) is 4.37. The van der Waals surface area contributed by atoms with Gasteiger partial charge < -0.3 is 0 Å². The standard InChI is InChI=1S/C20H22FNO3S/c21-19-12-11-16(15-7-3-1-4-8-15)13-18(19)20(23)14-22-26(24,25)17-9-5-2-6-10-17/h1,3-4,7-8,11-13,17,22H,2,5-6,9-10,14H2. The van der Waals surface area contributed by atoms with Gasteiger partial charge in [0.05, 0.1) is 17.4 Å². The monoisotopic (exact) mass is 375 g/mol. The van der Waals surface area contributed by atoms with E-state index in [-0.39, 0.29) is 5.56 Å². The van der Waals surface area contributed by atoms with Crippen LogP contribution >= 0.6 is 0 Å². The first-order valence-electron chi connectivity index (χ1n) is 8.84. The van der Waals surface area contributed by atoms with Crippen molar-refractivity contribution in [2.24, 2.45) is 0 Å². The normalized spacial score (nSPS) is 15.7. The molecule has 1 N–H and O–H groups in total. The van der Waals surface area contributed by atoms with Gasteiger partial charge in [-0.2, -0.15) is 0 Å². The molecule has 0 unspecified atom stereocenters. The van der Waals surface area contributed by atoms with Crippen LogP contribution in [0.4, 0.5) is 4.39 Å². The third-order valence-corrected chi connectivity index (χ3v) is 6.69. The van der Waals surface area contributed by atoms with Gasteiger partial charge in [0.2, 0.25) is 10.0 Å². The third-order valence-electron chi connectivity index (χ3n) is 4.80. The molecule has 0 aliphatic heterocycles. The van der Waals surface area contributed by atoms with Crippen molar-refractivity contribution in [1.82, 2.24) is 4.72 Å². The van der Waals surface area contributed by atoms with Gasteiger partial charge in [0.15, 0.2) is 5.78 Å². The van der Waals surface area contributed by atoms with Gasteiger partial charge in [-0.05, 0) is 36.1 Å². The number of Topliss-reactive ketones (excluding diaryl/α,β-unsaturated/α-hetero) is 1. The summed E-state index contributed by atoms with van der Waals surface area (Å²) in [6.07, 6.45) is 4.03. The Kier molecular flexibility index (Phi) is 5.84. The van der Waals surface area contributed by atoms with Crippen LogP contribution in [0.2, 0.25) is 0 Å². The van der Waals surface area contributed by atoms with Gasteiger partial charge >= 0.3 is 0 Å². The lowest BCUT2D eigenvalue weighted by Gasteiger charge is -2.21. The molecule has 0 atom stereocenters. The topological polar surface area (TPSA) is 63.2 Å². The zero-order chi connectivity index (χ0) is 18.6. The predicted molar refractivity (Wildman–Crippen MR) is 100.0 cm³/mol. The average Bonchev–Trinajstić information content (AvgIpc) is 2.68. The fourth-order valence-corrected chi connectivity index (χ4v) is 4.83. The molecule has 0 spiro atoms. The Hall–Kier alpha value is -2.05. The van der Waals surface area contributed by atoms with Crippen LogP contribution in [0, 0.1) is 5.82 Å². The average molecular weight is 375 g/mol. The number of ketones is 1. The molecule has 26 heavy (non-hydrogen) atoms. The van der Waals surface area contributed by atoms with Crippen LogP contribution in [0.25, 0.3) is 11.1 Å². The van der Waals surface area contributed by atoms with Crippen LogP contribution in [0.15, 0.2) is 48.5 Å². The smallest absolute Gasteiger partial charge is 0.214 e. The van der Waals surface area contributed by atoms with E-state index in [4.69, 9.17) is 0 Å². The molecule has 0 amide bonds. The summed E-state index contributed by atoms with van der Waals surface area (Å²) in [5, 5.41) is -0.454. The molecule has 1 fully saturated rings. The maximum absolute atomic E-state index is 14.1. The van der Waals surface area contributed by atoms with Crippen molar-refractivity contribution in [2.75, 3.05) is 6.54 Å². The SMILES string of the molecule is O=C(CNS(=O)(=O)C1CCCCC1)c1cc(-c2ccccc2)ccc1F. The second-order valence-corrected chi connectivity index (χ2v) is 8.66. The second kappa shape index (κ2) is 8.10. The van der Waals surface area contributed by atoms with Gasteiger partial charge in [0.1, 0.15) is 5.82 Å². The largest absolute Gasteiger partial charge is 0.293 e. The number of hydrogen-bond donors (Lipinski definition) is 1. The van der Waals surface area contributed by atoms with E-state index in [2.05, 4.69) is 4.72 Å². The molecule has 2 aromatic carbocycles. The highest BCUT2D eigenvalue weighted by molar-refractivity contribution is 7.90. The zero-order valence-electron chi connectivity index (χ0n) is 14.4. The summed E-state index contributed by atoms with van der Waals surface area (Å²) < 4.78 is 41.2. The lowest BCUT2D eigenvalue weighted by molar-refractivity contribution is 0.0993. The Morgan fingerprint density at radius 2 is 1.69 bits per heavy atom. The second-order valence-electron chi connectivity index (χ2n) is 6.61. The number of carbonyl (C=O) groups is 1. The molecule has 1 saturated carbocycles. The molecule has 1 aliphatic rings. The Balaban J connectivity index is 1.73. The summed E-state index contributed by atoms with van der Waals surface area (Å²) in [5.74, 6) is -1.22. The van der Waals surface area contributed by atoms with Crippen LogP contribution in [0.1, 0.15) is 42.5 Å². The molecule has 0 bridgehead atoms. The van der Waals surface area contributed by atoms with Gasteiger partial charge in [-0.1, -0.05) is 55.7 Å². The van der Waals surface area contributed by atoms with Crippen LogP contribution in [0.3, 0.4) is 0 Å². The Morgan fingerprint density at radius 1 is 1.00 bits per heavy atom. The van der Waals surface area contributed by atoms with Gasteiger partial charge in [-0.25, -0.2) is 17.5 Å². The number of benzene rings is 2. The Bertz CT molecular complexity index is 875. The van der Waals surface area contributed by atoms with Crippen molar-refractivity contribution in [3.8, 4) is 11.1 Å². The fraction of sp³-hybridized carbons (Fsp3) is 0.350. The summed E-state index contributed by atoms with van der Waals surface area (Å²) >= 11 is 0. The van der Waals surface area contributed by atoms with E-state index in [0.29, 0.717) is 18.4 Å². The molecular formula is C20H22FNO3S. The first-order chi connectivity index (χ1) is 12.5. The van der Waals surface area contributed by atoms with E-state index in [9.17, 15) is 17.6 Å². The fourth-order valence-electron chi connectivity index (χ4n) is 3.30. The van der Waals surface area contributed by atoms with Crippen molar-refractivity contribution < 1.29 is 17.6 Å². The van der Waals surface area contributed by atoms with Gasteiger partial charge in [0.25, 0.3) is 0 Å². The number of nitrogens with one attached hydrogen (secondary N) is 1. The van der Waals surface area contributed by atoms with Crippen LogP contribution in [-0.4, -0.2) is 26.0 Å². The number of rotatable bonds is 6. The van der Waals surface area contributed by atoms with E-state index in [0.717, 1.165) is 24.8 Å². The minimum absolute atomic E-state index is 0.0994. The van der Waals surface area contributed by atoms with E-state index in [1.807, 2.05) is 30.3 Å². The summed E-state index contributed by atoms with van der Waals surface area (Å²) in [6.45, 7) is -0.423. The van der Waals surface area contributed by atoms with Crippen molar-refractivity contribution >= 4 is 15.8 Å². The maximum Gasteiger partial charge on any atom is 0.214 e. The molecule has 0 radical (unpaired) electrons. The molecule has 138 valence electrons. The number of halogens is 1. The Labute approximate surface area is 153 Å². The van der Waals surface area contributed by atoms with Gasteiger partial charge in [0, 0.05) is 0 Å². The quantitative estimate of drug-likeness (QED) is 0.778. The first-order valence-corrected chi connectivity index (χ1v) is 10.4. The van der Waals surface area contributed by atoms with Crippen LogP contribution < -0.4 is 4.72 Å².